The molecule has 1 aromatic rings. The number of nitrogens with zero attached hydrogens (tertiary/aromatic N) is 4. The Morgan fingerprint density at radius 1 is 1.53 bits per heavy atom. The average molecular weight is 261 g/mol. The second kappa shape index (κ2) is 5.02. The molecule has 1 saturated heterocycles. The van der Waals surface area contributed by atoms with Crippen molar-refractivity contribution in [1.29, 1.82) is 5.26 Å². The molecular formula is C13H19N5O. The van der Waals surface area contributed by atoms with E-state index in [1.165, 1.54) is 10.6 Å². The summed E-state index contributed by atoms with van der Waals surface area (Å²) in [6.45, 7) is 4.47. The standard InChI is InChI=1S/C13H19N5O/c1-13(9-15)3-5-18(6-4-13)12-16-10(8-14)7-11(19)17(12)2/h7H,3-6,9,15H2,1-2H3. The van der Waals surface area contributed by atoms with E-state index in [2.05, 4.69) is 16.8 Å². The zero-order valence-electron chi connectivity index (χ0n) is 11.4. The molecule has 2 N–H and O–H groups in total. The molecule has 0 atom stereocenters. The molecule has 0 saturated carbocycles. The minimum absolute atomic E-state index is 0.169. The Bertz CT molecular complexity index is 563. The molecule has 0 bridgehead atoms. The molecule has 0 amide bonds. The Kier molecular flexibility index (Phi) is 3.58. The first kappa shape index (κ1) is 13.6. The zero-order valence-corrected chi connectivity index (χ0v) is 11.4. The van der Waals surface area contributed by atoms with Crippen molar-refractivity contribution < 1.29 is 0 Å². The van der Waals surface area contributed by atoms with Crippen molar-refractivity contribution in [3.05, 3.63) is 22.1 Å². The summed E-state index contributed by atoms with van der Waals surface area (Å²) in [7, 11) is 1.68. The van der Waals surface area contributed by atoms with Gasteiger partial charge in [0.25, 0.3) is 5.56 Å². The quantitative estimate of drug-likeness (QED) is 0.822. The van der Waals surface area contributed by atoms with E-state index in [4.69, 9.17) is 11.0 Å². The van der Waals surface area contributed by atoms with Gasteiger partial charge >= 0.3 is 0 Å². The van der Waals surface area contributed by atoms with E-state index in [9.17, 15) is 4.79 Å². The average Bonchev–Trinajstić information content (AvgIpc) is 2.43. The van der Waals surface area contributed by atoms with Gasteiger partial charge in [0.05, 0.1) is 0 Å². The van der Waals surface area contributed by atoms with Gasteiger partial charge in [-0.25, -0.2) is 4.98 Å². The predicted octanol–water partition coefficient (Wildman–Crippen LogP) is 0.217. The summed E-state index contributed by atoms with van der Waals surface area (Å²) in [6, 6.07) is 3.19. The molecule has 1 aromatic heterocycles. The van der Waals surface area contributed by atoms with E-state index in [-0.39, 0.29) is 16.7 Å². The molecule has 1 aliphatic rings. The minimum atomic E-state index is -0.200. The van der Waals surface area contributed by atoms with Crippen molar-refractivity contribution in [3.8, 4) is 6.07 Å². The van der Waals surface area contributed by atoms with E-state index in [1.807, 2.05) is 6.07 Å². The van der Waals surface area contributed by atoms with Crippen molar-refractivity contribution in [2.24, 2.45) is 18.2 Å². The maximum atomic E-state index is 11.8. The lowest BCUT2D eigenvalue weighted by Gasteiger charge is -2.39. The van der Waals surface area contributed by atoms with Gasteiger partial charge in [-0.05, 0) is 24.8 Å². The van der Waals surface area contributed by atoms with E-state index < -0.39 is 0 Å². The first-order valence-electron chi connectivity index (χ1n) is 6.42. The summed E-state index contributed by atoms with van der Waals surface area (Å²) in [5.41, 5.74) is 5.93. The first-order valence-corrected chi connectivity index (χ1v) is 6.42. The van der Waals surface area contributed by atoms with Crippen LogP contribution < -0.4 is 16.2 Å². The number of piperidine rings is 1. The molecule has 0 radical (unpaired) electrons. The summed E-state index contributed by atoms with van der Waals surface area (Å²) in [5.74, 6) is 0.572. The molecule has 0 aliphatic carbocycles. The third kappa shape index (κ3) is 2.61. The lowest BCUT2D eigenvalue weighted by molar-refractivity contribution is 0.256. The van der Waals surface area contributed by atoms with Crippen molar-refractivity contribution in [2.75, 3.05) is 24.5 Å². The van der Waals surface area contributed by atoms with Gasteiger partial charge in [0.1, 0.15) is 11.8 Å². The minimum Gasteiger partial charge on any atom is -0.342 e. The molecule has 102 valence electrons. The van der Waals surface area contributed by atoms with E-state index in [1.54, 1.807) is 7.05 Å². The van der Waals surface area contributed by atoms with Crippen LogP contribution >= 0.6 is 0 Å². The maximum absolute atomic E-state index is 11.8. The van der Waals surface area contributed by atoms with Crippen molar-refractivity contribution in [1.82, 2.24) is 9.55 Å². The number of anilines is 1. The van der Waals surface area contributed by atoms with E-state index >= 15 is 0 Å². The highest BCUT2D eigenvalue weighted by Gasteiger charge is 2.30. The molecule has 0 aromatic carbocycles. The number of hydrogen-bond acceptors (Lipinski definition) is 5. The number of rotatable bonds is 2. The highest BCUT2D eigenvalue weighted by molar-refractivity contribution is 5.36. The van der Waals surface area contributed by atoms with Gasteiger partial charge in [-0.15, -0.1) is 0 Å². The Morgan fingerprint density at radius 2 is 2.16 bits per heavy atom. The second-order valence-electron chi connectivity index (χ2n) is 5.45. The molecule has 1 aliphatic heterocycles. The molecular weight excluding hydrogens is 242 g/mol. The number of nitrogens with two attached hydrogens (primary N) is 1. The van der Waals surface area contributed by atoms with Crippen molar-refractivity contribution in [3.63, 3.8) is 0 Å². The highest BCUT2D eigenvalue weighted by Crippen LogP contribution is 2.30. The molecule has 0 spiro atoms. The second-order valence-corrected chi connectivity index (χ2v) is 5.45. The monoisotopic (exact) mass is 261 g/mol. The maximum Gasteiger partial charge on any atom is 0.255 e. The van der Waals surface area contributed by atoms with Crippen LogP contribution in [0.2, 0.25) is 0 Å². The molecule has 19 heavy (non-hydrogen) atoms. The molecule has 2 rings (SSSR count). The predicted molar refractivity (Wildman–Crippen MR) is 72.8 cm³/mol. The lowest BCUT2D eigenvalue weighted by atomic mass is 9.81. The van der Waals surface area contributed by atoms with Crippen LogP contribution in [0.5, 0.6) is 0 Å². The topological polar surface area (TPSA) is 87.9 Å². The Labute approximate surface area is 112 Å². The number of nitriles is 1. The van der Waals surface area contributed by atoms with Gasteiger partial charge < -0.3 is 10.6 Å². The summed E-state index contributed by atoms with van der Waals surface area (Å²) < 4.78 is 1.49. The Hall–Kier alpha value is -1.87. The SMILES string of the molecule is Cn1c(N2CCC(C)(CN)CC2)nc(C#N)cc1=O. The molecule has 6 heteroatoms. The fourth-order valence-corrected chi connectivity index (χ4v) is 2.32. The first-order chi connectivity index (χ1) is 8.99. The molecule has 2 heterocycles. The summed E-state index contributed by atoms with van der Waals surface area (Å²) >= 11 is 0. The fourth-order valence-electron chi connectivity index (χ4n) is 2.32. The van der Waals surface area contributed by atoms with Gasteiger partial charge in [0.2, 0.25) is 5.95 Å². The van der Waals surface area contributed by atoms with Gasteiger partial charge in [-0.1, -0.05) is 6.92 Å². The Balaban J connectivity index is 2.27. The summed E-state index contributed by atoms with van der Waals surface area (Å²) in [6.07, 6.45) is 1.94. The third-order valence-electron chi connectivity index (χ3n) is 3.97. The third-order valence-corrected chi connectivity index (χ3v) is 3.97. The lowest BCUT2D eigenvalue weighted by Crippen LogP contribution is -2.44. The van der Waals surface area contributed by atoms with Crippen LogP contribution in [0.25, 0.3) is 0 Å². The van der Waals surface area contributed by atoms with Gasteiger partial charge in [0.15, 0.2) is 0 Å². The van der Waals surface area contributed by atoms with Crippen molar-refractivity contribution >= 4 is 5.95 Å². The number of aromatic nitrogens is 2. The molecule has 6 nitrogen and oxygen atoms in total. The van der Waals surface area contributed by atoms with Crippen LogP contribution in [-0.2, 0) is 7.05 Å². The van der Waals surface area contributed by atoms with Crippen LogP contribution in [0.1, 0.15) is 25.5 Å². The van der Waals surface area contributed by atoms with Gasteiger partial charge in [-0.2, -0.15) is 5.26 Å². The highest BCUT2D eigenvalue weighted by atomic mass is 16.1. The number of hydrogen-bond donors (Lipinski definition) is 1. The van der Waals surface area contributed by atoms with Crippen LogP contribution in [0.4, 0.5) is 5.95 Å². The van der Waals surface area contributed by atoms with Crippen LogP contribution in [0.3, 0.4) is 0 Å². The normalized spacial score (nSPS) is 18.1. The smallest absolute Gasteiger partial charge is 0.255 e. The zero-order chi connectivity index (χ0) is 14.0. The summed E-state index contributed by atoms with van der Waals surface area (Å²) in [5, 5.41) is 8.90. The van der Waals surface area contributed by atoms with E-state index in [0.717, 1.165) is 25.9 Å². The van der Waals surface area contributed by atoms with Crippen LogP contribution in [-0.4, -0.2) is 29.2 Å². The molecule has 1 fully saturated rings. The molecule has 0 unspecified atom stereocenters. The van der Waals surface area contributed by atoms with Crippen LogP contribution in [0.15, 0.2) is 10.9 Å². The van der Waals surface area contributed by atoms with Gasteiger partial charge in [0, 0.05) is 26.2 Å². The Morgan fingerprint density at radius 3 is 2.68 bits per heavy atom. The van der Waals surface area contributed by atoms with E-state index in [0.29, 0.717) is 12.5 Å². The largest absolute Gasteiger partial charge is 0.342 e. The summed E-state index contributed by atoms with van der Waals surface area (Å²) in [4.78, 5) is 18.1. The van der Waals surface area contributed by atoms with Gasteiger partial charge in [-0.3, -0.25) is 9.36 Å². The van der Waals surface area contributed by atoms with Crippen molar-refractivity contribution in [2.45, 2.75) is 19.8 Å². The van der Waals surface area contributed by atoms with Crippen LogP contribution in [0, 0.1) is 16.7 Å². The fraction of sp³-hybridized carbons (Fsp3) is 0.615.